The lowest BCUT2D eigenvalue weighted by atomic mass is 10.2. The minimum absolute atomic E-state index is 0.665. The highest BCUT2D eigenvalue weighted by atomic mass is 79.9. The summed E-state index contributed by atoms with van der Waals surface area (Å²) in [4.78, 5) is 0. The van der Waals surface area contributed by atoms with Gasteiger partial charge in [-0.05, 0) is 46.6 Å². The van der Waals surface area contributed by atoms with Crippen LogP contribution in [0.15, 0.2) is 46.0 Å². The Hall–Kier alpha value is -2.01. The summed E-state index contributed by atoms with van der Waals surface area (Å²) in [6.45, 7) is 2.03. The maximum atomic E-state index is 5.29. The molecule has 0 heterocycles. The standard InChI is InChI=1S/C16H17BrN2O2/c1-11-6-4-5-7-14(11)19-18-10-12-8-15(20-2)16(21-3)9-13(12)17/h4-10,19H,1-3H3/b18-10-. The Morgan fingerprint density at radius 2 is 1.76 bits per heavy atom. The van der Waals surface area contributed by atoms with E-state index in [1.54, 1.807) is 20.4 Å². The van der Waals surface area contributed by atoms with E-state index in [0.29, 0.717) is 11.5 Å². The van der Waals surface area contributed by atoms with Gasteiger partial charge in [0, 0.05) is 10.0 Å². The summed E-state index contributed by atoms with van der Waals surface area (Å²) in [5.41, 5.74) is 6.05. The van der Waals surface area contributed by atoms with Crippen molar-refractivity contribution in [3.63, 3.8) is 0 Å². The van der Waals surface area contributed by atoms with Crippen LogP contribution in [0.2, 0.25) is 0 Å². The van der Waals surface area contributed by atoms with Gasteiger partial charge in [-0.1, -0.05) is 18.2 Å². The van der Waals surface area contributed by atoms with E-state index in [2.05, 4.69) is 26.5 Å². The van der Waals surface area contributed by atoms with Crippen molar-refractivity contribution in [1.29, 1.82) is 0 Å². The molecule has 0 atom stereocenters. The predicted molar refractivity (Wildman–Crippen MR) is 89.6 cm³/mol. The first-order valence-corrected chi connectivity index (χ1v) is 7.21. The van der Waals surface area contributed by atoms with E-state index >= 15 is 0 Å². The van der Waals surface area contributed by atoms with E-state index in [-0.39, 0.29) is 0 Å². The Balaban J connectivity index is 2.19. The maximum Gasteiger partial charge on any atom is 0.161 e. The first kappa shape index (κ1) is 15.4. The number of para-hydroxylation sites is 1. The van der Waals surface area contributed by atoms with Gasteiger partial charge in [0.05, 0.1) is 26.1 Å². The molecule has 0 fully saturated rings. The number of methoxy groups -OCH3 is 2. The number of hydrazone groups is 1. The summed E-state index contributed by atoms with van der Waals surface area (Å²) >= 11 is 3.50. The van der Waals surface area contributed by atoms with Crippen LogP contribution in [0.4, 0.5) is 5.69 Å². The zero-order chi connectivity index (χ0) is 15.2. The zero-order valence-electron chi connectivity index (χ0n) is 12.2. The van der Waals surface area contributed by atoms with E-state index in [1.165, 1.54) is 0 Å². The molecule has 0 aliphatic rings. The van der Waals surface area contributed by atoms with E-state index in [1.807, 2.05) is 43.3 Å². The third-order valence-electron chi connectivity index (χ3n) is 3.04. The molecule has 21 heavy (non-hydrogen) atoms. The first-order valence-electron chi connectivity index (χ1n) is 6.42. The normalized spacial score (nSPS) is 10.7. The summed E-state index contributed by atoms with van der Waals surface area (Å²) in [6, 6.07) is 11.7. The van der Waals surface area contributed by atoms with E-state index < -0.39 is 0 Å². The Labute approximate surface area is 132 Å². The molecule has 5 heteroatoms. The fourth-order valence-corrected chi connectivity index (χ4v) is 2.26. The van der Waals surface area contributed by atoms with Gasteiger partial charge in [-0.15, -0.1) is 0 Å². The molecule has 0 aliphatic carbocycles. The number of ether oxygens (including phenoxy) is 2. The van der Waals surface area contributed by atoms with Crippen molar-refractivity contribution < 1.29 is 9.47 Å². The van der Waals surface area contributed by atoms with E-state index in [0.717, 1.165) is 21.3 Å². The average molecular weight is 349 g/mol. The van der Waals surface area contributed by atoms with Gasteiger partial charge in [-0.2, -0.15) is 5.10 Å². The van der Waals surface area contributed by atoms with Crippen LogP contribution < -0.4 is 14.9 Å². The number of nitrogens with zero attached hydrogens (tertiary/aromatic N) is 1. The van der Waals surface area contributed by atoms with Crippen LogP contribution in [0.3, 0.4) is 0 Å². The molecule has 2 rings (SSSR count). The minimum Gasteiger partial charge on any atom is -0.493 e. The van der Waals surface area contributed by atoms with Crippen molar-refractivity contribution in [1.82, 2.24) is 0 Å². The molecule has 0 bridgehead atoms. The molecule has 110 valence electrons. The molecular formula is C16H17BrN2O2. The average Bonchev–Trinajstić information content (AvgIpc) is 2.50. The summed E-state index contributed by atoms with van der Waals surface area (Å²) < 4.78 is 11.4. The molecule has 1 N–H and O–H groups in total. The van der Waals surface area contributed by atoms with Crippen LogP contribution in [0.25, 0.3) is 0 Å². The minimum atomic E-state index is 0.665. The maximum absolute atomic E-state index is 5.29. The second kappa shape index (κ2) is 7.13. The van der Waals surface area contributed by atoms with Crippen molar-refractivity contribution in [3.8, 4) is 11.5 Å². The molecule has 0 saturated heterocycles. The Bertz CT molecular complexity index is 657. The number of hydrogen-bond donors (Lipinski definition) is 1. The van der Waals surface area contributed by atoms with Crippen LogP contribution in [-0.4, -0.2) is 20.4 Å². The van der Waals surface area contributed by atoms with Crippen LogP contribution in [0, 0.1) is 6.92 Å². The Morgan fingerprint density at radius 1 is 1.10 bits per heavy atom. The molecule has 0 unspecified atom stereocenters. The van der Waals surface area contributed by atoms with Gasteiger partial charge in [0.2, 0.25) is 0 Å². The molecule has 0 aliphatic heterocycles. The number of rotatable bonds is 5. The summed E-state index contributed by atoms with van der Waals surface area (Å²) in [6.07, 6.45) is 1.73. The lowest BCUT2D eigenvalue weighted by Crippen LogP contribution is -1.96. The molecular weight excluding hydrogens is 332 g/mol. The quantitative estimate of drug-likeness (QED) is 0.649. The molecule has 4 nitrogen and oxygen atoms in total. The molecule has 0 amide bonds. The predicted octanol–water partition coefficient (Wildman–Crippen LogP) is 4.22. The molecule has 0 spiro atoms. The van der Waals surface area contributed by atoms with Gasteiger partial charge in [0.15, 0.2) is 11.5 Å². The van der Waals surface area contributed by atoms with Crippen molar-refractivity contribution in [2.24, 2.45) is 5.10 Å². The highest BCUT2D eigenvalue weighted by Crippen LogP contribution is 2.32. The van der Waals surface area contributed by atoms with Gasteiger partial charge in [0.1, 0.15) is 0 Å². The zero-order valence-corrected chi connectivity index (χ0v) is 13.8. The van der Waals surface area contributed by atoms with Crippen LogP contribution in [0.5, 0.6) is 11.5 Å². The van der Waals surface area contributed by atoms with Gasteiger partial charge in [0.25, 0.3) is 0 Å². The number of aryl methyl sites for hydroxylation is 1. The monoisotopic (exact) mass is 348 g/mol. The van der Waals surface area contributed by atoms with Gasteiger partial charge < -0.3 is 9.47 Å². The third kappa shape index (κ3) is 3.76. The lowest BCUT2D eigenvalue weighted by Gasteiger charge is -2.09. The second-order valence-electron chi connectivity index (χ2n) is 4.41. The van der Waals surface area contributed by atoms with Gasteiger partial charge in [-0.25, -0.2) is 0 Å². The molecule has 0 radical (unpaired) electrons. The number of benzene rings is 2. The number of halogens is 1. The largest absolute Gasteiger partial charge is 0.493 e. The molecule has 2 aromatic rings. The smallest absolute Gasteiger partial charge is 0.161 e. The molecule has 0 saturated carbocycles. The first-order chi connectivity index (χ1) is 10.2. The van der Waals surface area contributed by atoms with Crippen LogP contribution in [0.1, 0.15) is 11.1 Å². The van der Waals surface area contributed by atoms with Crippen molar-refractivity contribution in [2.45, 2.75) is 6.92 Å². The van der Waals surface area contributed by atoms with Crippen LogP contribution in [-0.2, 0) is 0 Å². The summed E-state index contributed by atoms with van der Waals surface area (Å²) in [5.74, 6) is 1.34. The summed E-state index contributed by atoms with van der Waals surface area (Å²) in [5, 5.41) is 4.26. The number of hydrogen-bond acceptors (Lipinski definition) is 4. The molecule has 2 aromatic carbocycles. The van der Waals surface area contributed by atoms with Crippen LogP contribution >= 0.6 is 15.9 Å². The van der Waals surface area contributed by atoms with Crippen molar-refractivity contribution in [2.75, 3.05) is 19.6 Å². The topological polar surface area (TPSA) is 42.8 Å². The van der Waals surface area contributed by atoms with E-state index in [4.69, 9.17) is 9.47 Å². The Morgan fingerprint density at radius 3 is 2.43 bits per heavy atom. The SMILES string of the molecule is COc1cc(Br)c(/C=N\Nc2ccccc2C)cc1OC. The van der Waals surface area contributed by atoms with Crippen molar-refractivity contribution in [3.05, 3.63) is 52.0 Å². The highest BCUT2D eigenvalue weighted by Gasteiger charge is 2.08. The highest BCUT2D eigenvalue weighted by molar-refractivity contribution is 9.10. The van der Waals surface area contributed by atoms with E-state index in [9.17, 15) is 0 Å². The number of anilines is 1. The van der Waals surface area contributed by atoms with Gasteiger partial charge >= 0.3 is 0 Å². The summed E-state index contributed by atoms with van der Waals surface area (Å²) in [7, 11) is 3.22. The number of nitrogens with one attached hydrogen (secondary N) is 1. The fraction of sp³-hybridized carbons (Fsp3) is 0.188. The lowest BCUT2D eigenvalue weighted by molar-refractivity contribution is 0.354. The van der Waals surface area contributed by atoms with Gasteiger partial charge in [-0.3, -0.25) is 5.43 Å². The molecule has 0 aromatic heterocycles. The second-order valence-corrected chi connectivity index (χ2v) is 5.27. The third-order valence-corrected chi connectivity index (χ3v) is 3.72. The van der Waals surface area contributed by atoms with Crippen molar-refractivity contribution >= 4 is 27.8 Å². The fourth-order valence-electron chi connectivity index (χ4n) is 1.84. The Kier molecular flexibility index (Phi) is 5.22.